The van der Waals surface area contributed by atoms with Crippen LogP contribution >= 0.6 is 0 Å². The maximum atomic E-state index is 5.59. The Labute approximate surface area is 103 Å². The molecule has 0 amide bonds. The lowest BCUT2D eigenvalue weighted by Crippen LogP contribution is -2.20. The third kappa shape index (κ3) is 5.49. The molecule has 0 fully saturated rings. The van der Waals surface area contributed by atoms with E-state index in [0.717, 1.165) is 12.2 Å². The van der Waals surface area contributed by atoms with Crippen LogP contribution in [0, 0.1) is 6.92 Å². The van der Waals surface area contributed by atoms with Crippen LogP contribution in [0.1, 0.15) is 19.5 Å². The van der Waals surface area contributed by atoms with Crippen molar-refractivity contribution < 1.29 is 4.74 Å². The van der Waals surface area contributed by atoms with E-state index in [2.05, 4.69) is 34.0 Å². The first-order valence-corrected chi connectivity index (χ1v) is 5.87. The lowest BCUT2D eigenvalue weighted by molar-refractivity contribution is 0.253. The van der Waals surface area contributed by atoms with Gasteiger partial charge in [0.15, 0.2) is 0 Å². The number of rotatable bonds is 6. The number of nitrogens with one attached hydrogen (secondary N) is 1. The first-order valence-electron chi connectivity index (χ1n) is 5.87. The number of aromatic nitrogens is 2. The Kier molecular flexibility index (Phi) is 5.15. The molecule has 0 bridgehead atoms. The molecular formula is C12H22N4O. The van der Waals surface area contributed by atoms with Gasteiger partial charge in [-0.2, -0.15) is 4.98 Å². The van der Waals surface area contributed by atoms with E-state index in [4.69, 9.17) is 4.74 Å². The summed E-state index contributed by atoms with van der Waals surface area (Å²) in [6.45, 7) is 7.54. The normalized spacial score (nSPS) is 11.0. The predicted molar refractivity (Wildman–Crippen MR) is 69.6 cm³/mol. The van der Waals surface area contributed by atoms with Crippen LogP contribution in [0.2, 0.25) is 0 Å². The minimum Gasteiger partial charge on any atom is -0.476 e. The van der Waals surface area contributed by atoms with Gasteiger partial charge in [0.25, 0.3) is 0 Å². The largest absolute Gasteiger partial charge is 0.476 e. The minimum absolute atomic E-state index is 0.312. The highest BCUT2D eigenvalue weighted by Gasteiger charge is 2.04. The summed E-state index contributed by atoms with van der Waals surface area (Å²) in [5, 5.41) is 3.17. The van der Waals surface area contributed by atoms with E-state index < -0.39 is 0 Å². The van der Waals surface area contributed by atoms with Gasteiger partial charge in [-0.1, -0.05) is 0 Å². The molecular weight excluding hydrogens is 216 g/mol. The molecule has 1 N–H and O–H groups in total. The molecule has 1 heterocycles. The van der Waals surface area contributed by atoms with Gasteiger partial charge in [-0.15, -0.1) is 0 Å². The monoisotopic (exact) mass is 238 g/mol. The van der Waals surface area contributed by atoms with Gasteiger partial charge < -0.3 is 15.0 Å². The summed E-state index contributed by atoms with van der Waals surface area (Å²) in [6, 6.07) is 2.16. The van der Waals surface area contributed by atoms with Crippen LogP contribution in [0.3, 0.4) is 0 Å². The average molecular weight is 238 g/mol. The third-order valence-corrected chi connectivity index (χ3v) is 2.04. The number of hydrogen-bond donors (Lipinski definition) is 1. The Hall–Kier alpha value is -1.36. The van der Waals surface area contributed by atoms with Gasteiger partial charge in [0.2, 0.25) is 11.8 Å². The summed E-state index contributed by atoms with van der Waals surface area (Å²) in [7, 11) is 4.03. The lowest BCUT2D eigenvalue weighted by atomic mass is 10.4. The molecule has 0 aliphatic carbocycles. The molecule has 1 aromatic heterocycles. The number of nitrogens with zero attached hydrogens (tertiary/aromatic N) is 3. The molecule has 0 radical (unpaired) electrons. The van der Waals surface area contributed by atoms with Crippen LogP contribution in [-0.2, 0) is 0 Å². The summed E-state index contributed by atoms with van der Waals surface area (Å²) >= 11 is 0. The molecule has 0 unspecified atom stereocenters. The molecule has 1 rings (SSSR count). The molecule has 96 valence electrons. The van der Waals surface area contributed by atoms with Gasteiger partial charge in [0.05, 0.1) is 0 Å². The number of hydrogen-bond acceptors (Lipinski definition) is 5. The molecule has 5 heteroatoms. The second kappa shape index (κ2) is 6.39. The average Bonchev–Trinajstić information content (AvgIpc) is 2.14. The fourth-order valence-electron chi connectivity index (χ4n) is 1.27. The van der Waals surface area contributed by atoms with Crippen molar-refractivity contribution in [2.45, 2.75) is 26.8 Å². The lowest BCUT2D eigenvalue weighted by Gasteiger charge is -2.13. The topological polar surface area (TPSA) is 50.3 Å². The van der Waals surface area contributed by atoms with Crippen molar-refractivity contribution in [2.75, 3.05) is 32.6 Å². The SMILES string of the molecule is Cc1cc(OCCN(C)C)nc(NC(C)C)n1. The number of likely N-dealkylation sites (N-methyl/N-ethyl adjacent to an activating group) is 1. The van der Waals surface area contributed by atoms with Gasteiger partial charge in [-0.3, -0.25) is 0 Å². The summed E-state index contributed by atoms with van der Waals surface area (Å²) in [6.07, 6.45) is 0. The fourth-order valence-corrected chi connectivity index (χ4v) is 1.27. The first kappa shape index (κ1) is 13.7. The Morgan fingerprint density at radius 2 is 2.06 bits per heavy atom. The zero-order valence-corrected chi connectivity index (χ0v) is 11.3. The molecule has 0 atom stereocenters. The molecule has 0 aliphatic heterocycles. The van der Waals surface area contributed by atoms with Gasteiger partial charge in [0, 0.05) is 24.3 Å². The Bertz CT molecular complexity index is 352. The van der Waals surface area contributed by atoms with Crippen LogP contribution in [0.5, 0.6) is 5.88 Å². The summed E-state index contributed by atoms with van der Waals surface area (Å²) in [5.74, 6) is 1.25. The Morgan fingerprint density at radius 1 is 1.35 bits per heavy atom. The fraction of sp³-hybridized carbons (Fsp3) is 0.667. The van der Waals surface area contributed by atoms with Gasteiger partial charge in [-0.05, 0) is 34.9 Å². The van der Waals surface area contributed by atoms with Crippen molar-refractivity contribution in [2.24, 2.45) is 0 Å². The molecule has 0 aliphatic rings. The quantitative estimate of drug-likeness (QED) is 0.815. The van der Waals surface area contributed by atoms with Crippen LogP contribution in [0.15, 0.2) is 6.07 Å². The van der Waals surface area contributed by atoms with Crippen molar-refractivity contribution >= 4 is 5.95 Å². The maximum absolute atomic E-state index is 5.59. The van der Waals surface area contributed by atoms with Crippen LogP contribution < -0.4 is 10.1 Å². The highest BCUT2D eigenvalue weighted by atomic mass is 16.5. The second-order valence-electron chi connectivity index (χ2n) is 4.62. The molecule has 0 spiro atoms. The Morgan fingerprint density at radius 3 is 2.65 bits per heavy atom. The smallest absolute Gasteiger partial charge is 0.226 e. The van der Waals surface area contributed by atoms with Crippen LogP contribution in [0.4, 0.5) is 5.95 Å². The maximum Gasteiger partial charge on any atom is 0.226 e. The number of aryl methyl sites for hydroxylation is 1. The van der Waals surface area contributed by atoms with Gasteiger partial charge in [-0.25, -0.2) is 4.98 Å². The number of anilines is 1. The van der Waals surface area contributed by atoms with E-state index in [1.165, 1.54) is 0 Å². The van der Waals surface area contributed by atoms with Crippen molar-refractivity contribution in [1.29, 1.82) is 0 Å². The van der Waals surface area contributed by atoms with Crippen LogP contribution in [0.25, 0.3) is 0 Å². The molecule has 0 aromatic carbocycles. The Balaban J connectivity index is 2.62. The van der Waals surface area contributed by atoms with E-state index in [0.29, 0.717) is 24.5 Å². The van der Waals surface area contributed by atoms with Gasteiger partial charge in [0.1, 0.15) is 6.61 Å². The second-order valence-corrected chi connectivity index (χ2v) is 4.62. The predicted octanol–water partition coefficient (Wildman–Crippen LogP) is 1.55. The molecule has 0 saturated carbocycles. The summed E-state index contributed by atoms with van der Waals surface area (Å²) in [4.78, 5) is 10.7. The summed E-state index contributed by atoms with van der Waals surface area (Å²) in [5.41, 5.74) is 0.906. The molecule has 17 heavy (non-hydrogen) atoms. The van der Waals surface area contributed by atoms with E-state index in [1.807, 2.05) is 27.1 Å². The van der Waals surface area contributed by atoms with Crippen molar-refractivity contribution in [1.82, 2.24) is 14.9 Å². The van der Waals surface area contributed by atoms with E-state index in [-0.39, 0.29) is 0 Å². The van der Waals surface area contributed by atoms with E-state index >= 15 is 0 Å². The van der Waals surface area contributed by atoms with E-state index in [9.17, 15) is 0 Å². The van der Waals surface area contributed by atoms with Crippen molar-refractivity contribution in [3.05, 3.63) is 11.8 Å². The van der Waals surface area contributed by atoms with E-state index in [1.54, 1.807) is 0 Å². The number of ether oxygens (including phenoxy) is 1. The molecule has 1 aromatic rings. The summed E-state index contributed by atoms with van der Waals surface area (Å²) < 4.78 is 5.59. The zero-order chi connectivity index (χ0) is 12.8. The highest BCUT2D eigenvalue weighted by Crippen LogP contribution is 2.12. The van der Waals surface area contributed by atoms with Crippen molar-refractivity contribution in [3.8, 4) is 5.88 Å². The molecule has 5 nitrogen and oxygen atoms in total. The first-order chi connectivity index (χ1) is 7.97. The zero-order valence-electron chi connectivity index (χ0n) is 11.3. The molecule has 0 saturated heterocycles. The third-order valence-electron chi connectivity index (χ3n) is 2.04. The highest BCUT2D eigenvalue weighted by molar-refractivity contribution is 5.31. The van der Waals surface area contributed by atoms with Crippen LogP contribution in [-0.4, -0.2) is 48.2 Å². The van der Waals surface area contributed by atoms with Gasteiger partial charge >= 0.3 is 0 Å². The standard InChI is InChI=1S/C12H22N4O/c1-9(2)13-12-14-10(3)8-11(15-12)17-7-6-16(4)5/h8-9H,6-7H2,1-5H3,(H,13,14,15). The van der Waals surface area contributed by atoms with Crippen molar-refractivity contribution in [3.63, 3.8) is 0 Å². The minimum atomic E-state index is 0.312.